The van der Waals surface area contributed by atoms with Gasteiger partial charge < -0.3 is 4.98 Å². The summed E-state index contributed by atoms with van der Waals surface area (Å²) in [5.41, 5.74) is 26.8. The molecule has 1 aromatic heterocycles. The number of allylic oxidation sites excluding steroid dienone is 1. The molecule has 0 unspecified atom stereocenters. The molecule has 0 aliphatic heterocycles. The summed E-state index contributed by atoms with van der Waals surface area (Å²) >= 11 is 0. The van der Waals surface area contributed by atoms with E-state index in [1.54, 1.807) is 4.91 Å². The van der Waals surface area contributed by atoms with Gasteiger partial charge in [0.15, 0.2) is 0 Å². The van der Waals surface area contributed by atoms with Crippen molar-refractivity contribution in [3.63, 3.8) is 0 Å². The predicted molar refractivity (Wildman–Crippen MR) is 118 cm³/mol. The van der Waals surface area contributed by atoms with E-state index in [1.807, 2.05) is 39.8 Å². The van der Waals surface area contributed by atoms with E-state index in [0.717, 1.165) is 23.3 Å². The Kier molecular flexibility index (Phi) is 17.6. The highest BCUT2D eigenvalue weighted by molar-refractivity contribution is 5.82. The van der Waals surface area contributed by atoms with Gasteiger partial charge in [0, 0.05) is 0 Å². The van der Waals surface area contributed by atoms with Crippen molar-refractivity contribution in [1.29, 1.82) is 16.6 Å². The number of aromatic nitrogens is 2. The molecule has 0 fully saturated rings. The molecule has 0 amide bonds. The standard InChI is InChI=1S/C17H16N2.2C2H6.HN3.H2N2/c1-2-3-9-17-18-15-11-10-14(12-16(15)19-17)13-7-5-4-6-8-13;2*1-2;1-3-2;1-2/h3-12H,2H2,1H3,(H,18,19);2*1-2H3;1H;1-2H/b9-3+;;;;. The SMILES string of the molecule is CC.CC.CC/C=C/c1nc2ccc(-c3ccccc3)cc2[nH]1.N=N.[N-]=[N+]=N. The first-order chi connectivity index (χ1) is 13.8. The van der Waals surface area contributed by atoms with Crippen molar-refractivity contribution in [2.45, 2.75) is 41.0 Å². The smallest absolute Gasteiger partial charge is 0.130 e. The predicted octanol–water partition coefficient (Wildman–Crippen LogP) is 8.18. The van der Waals surface area contributed by atoms with Gasteiger partial charge in [-0.15, -0.1) is 5.53 Å². The monoisotopic (exact) mass is 381 g/mol. The van der Waals surface area contributed by atoms with Gasteiger partial charge in [-0.2, -0.15) is 0 Å². The minimum Gasteiger partial charge on any atom is -0.338 e. The van der Waals surface area contributed by atoms with E-state index in [0.29, 0.717) is 0 Å². The normalized spacial score (nSPS) is 8.61. The van der Waals surface area contributed by atoms with Crippen molar-refractivity contribution in [3.8, 4) is 11.1 Å². The average Bonchev–Trinajstić information content (AvgIpc) is 3.20. The Morgan fingerprint density at radius 1 is 1.00 bits per heavy atom. The molecule has 150 valence electrons. The van der Waals surface area contributed by atoms with Crippen LogP contribution in [-0.4, -0.2) is 9.97 Å². The summed E-state index contributed by atoms with van der Waals surface area (Å²) in [6, 6.07) is 16.7. The van der Waals surface area contributed by atoms with E-state index in [1.165, 1.54) is 11.1 Å². The summed E-state index contributed by atoms with van der Waals surface area (Å²) in [5.74, 6) is 0.919. The third-order valence-electron chi connectivity index (χ3n) is 3.12. The molecule has 3 aromatic rings. The van der Waals surface area contributed by atoms with Crippen LogP contribution in [0.5, 0.6) is 0 Å². The lowest BCUT2D eigenvalue weighted by atomic mass is 10.1. The zero-order valence-corrected chi connectivity index (χ0v) is 17.3. The molecular formula is C21H31N7. The Morgan fingerprint density at radius 3 is 2.11 bits per heavy atom. The Balaban J connectivity index is 0. The number of hydrogen-bond acceptors (Lipinski definition) is 4. The molecule has 2 aromatic carbocycles. The second kappa shape index (κ2) is 18.4. The van der Waals surface area contributed by atoms with Gasteiger partial charge in [-0.05, 0) is 46.2 Å². The lowest BCUT2D eigenvalue weighted by Gasteiger charge is -2.00. The van der Waals surface area contributed by atoms with Crippen molar-refractivity contribution >= 4 is 17.1 Å². The van der Waals surface area contributed by atoms with Gasteiger partial charge in [-0.25, -0.2) is 16.0 Å². The molecule has 3 rings (SSSR count). The average molecular weight is 382 g/mol. The van der Waals surface area contributed by atoms with Gasteiger partial charge >= 0.3 is 0 Å². The van der Waals surface area contributed by atoms with Crippen molar-refractivity contribution in [2.75, 3.05) is 0 Å². The topological polar surface area (TPSA) is 137 Å². The molecule has 0 aliphatic rings. The first-order valence-electron chi connectivity index (χ1n) is 9.26. The van der Waals surface area contributed by atoms with Crippen LogP contribution in [0.15, 0.2) is 54.6 Å². The fourth-order valence-corrected chi connectivity index (χ4v) is 2.15. The maximum absolute atomic E-state index is 6.86. The summed E-state index contributed by atoms with van der Waals surface area (Å²) < 4.78 is 0. The van der Waals surface area contributed by atoms with Crippen LogP contribution in [-0.2, 0) is 0 Å². The summed E-state index contributed by atoms with van der Waals surface area (Å²) in [5, 5.41) is 0. The van der Waals surface area contributed by atoms with Crippen LogP contribution in [0, 0.1) is 16.6 Å². The number of imidazole rings is 1. The first kappa shape index (κ1) is 26.8. The van der Waals surface area contributed by atoms with Crippen molar-refractivity contribution < 1.29 is 0 Å². The van der Waals surface area contributed by atoms with Crippen molar-refractivity contribution in [3.05, 3.63) is 70.9 Å². The molecule has 0 radical (unpaired) electrons. The fraction of sp³-hybridized carbons (Fsp3) is 0.286. The Labute approximate surface area is 167 Å². The van der Waals surface area contributed by atoms with E-state index in [2.05, 4.69) is 65.4 Å². The number of aromatic amines is 1. The number of fused-ring (bicyclic) bond motifs is 1. The second-order valence-corrected chi connectivity index (χ2v) is 4.63. The molecular weight excluding hydrogens is 350 g/mol. The number of nitrogens with zero attached hydrogens (tertiary/aromatic N) is 3. The molecule has 4 N–H and O–H groups in total. The van der Waals surface area contributed by atoms with Crippen LogP contribution in [0.2, 0.25) is 0 Å². The lowest BCUT2D eigenvalue weighted by molar-refractivity contribution is 1.05. The Hall–Kier alpha value is -3.44. The first-order valence-corrected chi connectivity index (χ1v) is 9.26. The Bertz CT molecular complexity index is 817. The number of nitrogens with one attached hydrogen (secondary N) is 4. The van der Waals surface area contributed by atoms with E-state index in [-0.39, 0.29) is 0 Å². The van der Waals surface area contributed by atoms with Crippen molar-refractivity contribution in [2.24, 2.45) is 0 Å². The van der Waals surface area contributed by atoms with Crippen LogP contribution < -0.4 is 0 Å². The maximum Gasteiger partial charge on any atom is 0.130 e. The van der Waals surface area contributed by atoms with Crippen molar-refractivity contribution in [1.82, 2.24) is 9.97 Å². The van der Waals surface area contributed by atoms with E-state index < -0.39 is 0 Å². The third-order valence-corrected chi connectivity index (χ3v) is 3.12. The molecule has 0 bridgehead atoms. The molecule has 0 atom stereocenters. The quantitative estimate of drug-likeness (QED) is 0.203. The number of benzene rings is 2. The summed E-state index contributed by atoms with van der Waals surface area (Å²) in [6.07, 6.45) is 5.16. The lowest BCUT2D eigenvalue weighted by Crippen LogP contribution is -1.77. The van der Waals surface area contributed by atoms with Gasteiger partial charge in [0.1, 0.15) is 5.82 Å². The zero-order valence-electron chi connectivity index (χ0n) is 17.3. The van der Waals surface area contributed by atoms with Crippen LogP contribution in [0.25, 0.3) is 38.7 Å². The van der Waals surface area contributed by atoms with Gasteiger partial charge in [0.05, 0.1) is 11.0 Å². The van der Waals surface area contributed by atoms with Gasteiger partial charge in [-0.1, -0.05) is 77.1 Å². The highest BCUT2D eigenvalue weighted by atomic mass is 15.0. The summed E-state index contributed by atoms with van der Waals surface area (Å²) in [6.45, 7) is 10.1. The maximum atomic E-state index is 6.86. The third kappa shape index (κ3) is 9.31. The minimum atomic E-state index is 0.919. The number of rotatable bonds is 3. The molecule has 7 heteroatoms. The molecule has 0 aliphatic carbocycles. The molecule has 1 heterocycles. The van der Waals surface area contributed by atoms with Gasteiger partial charge in [-0.3, -0.25) is 0 Å². The van der Waals surface area contributed by atoms with Crippen LogP contribution in [0.4, 0.5) is 0 Å². The van der Waals surface area contributed by atoms with E-state index in [4.69, 9.17) is 22.1 Å². The molecule has 28 heavy (non-hydrogen) atoms. The Morgan fingerprint density at radius 2 is 1.57 bits per heavy atom. The van der Waals surface area contributed by atoms with Crippen LogP contribution in [0.1, 0.15) is 46.9 Å². The summed E-state index contributed by atoms with van der Waals surface area (Å²) in [7, 11) is 0. The minimum absolute atomic E-state index is 0.919. The fourth-order valence-electron chi connectivity index (χ4n) is 2.15. The molecule has 0 spiro atoms. The molecule has 0 saturated heterocycles. The highest BCUT2D eigenvalue weighted by Gasteiger charge is 2.03. The second-order valence-electron chi connectivity index (χ2n) is 4.63. The molecule has 7 nitrogen and oxygen atoms in total. The zero-order chi connectivity index (χ0) is 21.8. The highest BCUT2D eigenvalue weighted by Crippen LogP contribution is 2.23. The van der Waals surface area contributed by atoms with E-state index in [9.17, 15) is 0 Å². The number of hydrogen-bond donors (Lipinski definition) is 4. The largest absolute Gasteiger partial charge is 0.338 e. The van der Waals surface area contributed by atoms with Crippen LogP contribution in [0.3, 0.4) is 0 Å². The van der Waals surface area contributed by atoms with Gasteiger partial charge in [0.25, 0.3) is 0 Å². The van der Waals surface area contributed by atoms with Gasteiger partial charge in [0.2, 0.25) is 0 Å². The van der Waals surface area contributed by atoms with E-state index >= 15 is 0 Å². The van der Waals surface area contributed by atoms with Crippen LogP contribution >= 0.6 is 0 Å². The summed E-state index contributed by atoms with van der Waals surface area (Å²) in [4.78, 5) is 9.64. The number of H-pyrrole nitrogens is 1. The molecule has 0 saturated carbocycles.